The van der Waals surface area contributed by atoms with E-state index in [-0.39, 0.29) is 18.1 Å². The molecular formula is C12H14F2N2O. The first kappa shape index (κ1) is 12.0. The van der Waals surface area contributed by atoms with Crippen molar-refractivity contribution in [3.05, 3.63) is 35.4 Å². The average molecular weight is 240 g/mol. The molecule has 2 rings (SSSR count). The van der Waals surface area contributed by atoms with Gasteiger partial charge in [0, 0.05) is 6.54 Å². The number of hydrogen-bond donors (Lipinski definition) is 1. The minimum atomic E-state index is -0.896. The zero-order valence-corrected chi connectivity index (χ0v) is 9.71. The third kappa shape index (κ3) is 2.02. The van der Waals surface area contributed by atoms with Gasteiger partial charge in [0.1, 0.15) is 6.17 Å². The predicted molar refractivity (Wildman–Crippen MR) is 59.1 cm³/mol. The highest BCUT2D eigenvalue weighted by molar-refractivity contribution is 5.84. The summed E-state index contributed by atoms with van der Waals surface area (Å²) in [7, 11) is 0. The largest absolute Gasteiger partial charge is 0.322 e. The molecule has 1 N–H and O–H groups in total. The van der Waals surface area contributed by atoms with Crippen molar-refractivity contribution < 1.29 is 13.6 Å². The Balaban J connectivity index is 2.33. The number of carbonyl (C=O) groups excluding carboxylic acids is 1. The lowest BCUT2D eigenvalue weighted by Gasteiger charge is -2.22. The van der Waals surface area contributed by atoms with Crippen LogP contribution in [0.1, 0.15) is 25.6 Å². The Morgan fingerprint density at radius 1 is 1.35 bits per heavy atom. The molecule has 1 aromatic rings. The first-order valence-corrected chi connectivity index (χ1v) is 5.56. The fourth-order valence-corrected chi connectivity index (χ4v) is 2.07. The number of benzene rings is 1. The van der Waals surface area contributed by atoms with E-state index < -0.39 is 11.6 Å². The average Bonchev–Trinajstić information content (AvgIpc) is 2.59. The fourth-order valence-electron chi connectivity index (χ4n) is 2.07. The third-order valence-corrected chi connectivity index (χ3v) is 2.97. The summed E-state index contributed by atoms with van der Waals surface area (Å²) in [5.41, 5.74) is 0.559. The topological polar surface area (TPSA) is 32.3 Å². The number of halogens is 2. The van der Waals surface area contributed by atoms with Crippen LogP contribution in [-0.4, -0.2) is 23.4 Å². The van der Waals surface area contributed by atoms with Crippen molar-refractivity contribution in [3.63, 3.8) is 0 Å². The summed E-state index contributed by atoms with van der Waals surface area (Å²) in [6, 6.07) is 3.40. The van der Waals surface area contributed by atoms with Crippen molar-refractivity contribution in [2.75, 3.05) is 6.54 Å². The SMILES string of the molecule is CCN1C(=O)C(C)NC1c1ccc(F)c(F)c1. The lowest BCUT2D eigenvalue weighted by Crippen LogP contribution is -2.30. The van der Waals surface area contributed by atoms with Gasteiger partial charge in [-0.25, -0.2) is 8.78 Å². The molecule has 0 bridgehead atoms. The fraction of sp³-hybridized carbons (Fsp3) is 0.417. The van der Waals surface area contributed by atoms with E-state index in [9.17, 15) is 13.6 Å². The number of rotatable bonds is 2. The maximum absolute atomic E-state index is 13.2. The lowest BCUT2D eigenvalue weighted by atomic mass is 10.1. The van der Waals surface area contributed by atoms with Gasteiger partial charge in [-0.2, -0.15) is 0 Å². The molecule has 0 saturated carbocycles. The van der Waals surface area contributed by atoms with Crippen molar-refractivity contribution >= 4 is 5.91 Å². The Hall–Kier alpha value is -1.49. The Morgan fingerprint density at radius 2 is 2.06 bits per heavy atom. The highest BCUT2D eigenvalue weighted by Crippen LogP contribution is 2.25. The van der Waals surface area contributed by atoms with Crippen LogP contribution in [0, 0.1) is 11.6 Å². The van der Waals surface area contributed by atoms with Gasteiger partial charge in [-0.3, -0.25) is 10.1 Å². The van der Waals surface area contributed by atoms with Crippen LogP contribution in [0.15, 0.2) is 18.2 Å². The lowest BCUT2D eigenvalue weighted by molar-refractivity contribution is -0.129. The summed E-state index contributed by atoms with van der Waals surface area (Å²) in [5.74, 6) is -1.80. The van der Waals surface area contributed by atoms with Crippen molar-refractivity contribution in [1.82, 2.24) is 10.2 Å². The second-order valence-electron chi connectivity index (χ2n) is 4.09. The molecule has 0 aromatic heterocycles. The Kier molecular flexibility index (Phi) is 3.11. The zero-order valence-electron chi connectivity index (χ0n) is 9.71. The van der Waals surface area contributed by atoms with E-state index in [0.717, 1.165) is 12.1 Å². The summed E-state index contributed by atoms with van der Waals surface area (Å²) in [5, 5.41) is 3.05. The molecule has 1 aromatic carbocycles. The van der Waals surface area contributed by atoms with E-state index in [0.29, 0.717) is 12.1 Å². The number of hydrogen-bond acceptors (Lipinski definition) is 2. The van der Waals surface area contributed by atoms with Crippen LogP contribution in [0.2, 0.25) is 0 Å². The van der Waals surface area contributed by atoms with Crippen LogP contribution in [0.5, 0.6) is 0 Å². The highest BCUT2D eigenvalue weighted by Gasteiger charge is 2.36. The molecule has 2 atom stereocenters. The monoisotopic (exact) mass is 240 g/mol. The molecule has 5 heteroatoms. The molecule has 1 heterocycles. The summed E-state index contributed by atoms with van der Waals surface area (Å²) < 4.78 is 26.0. The first-order valence-electron chi connectivity index (χ1n) is 5.56. The van der Waals surface area contributed by atoms with Crippen molar-refractivity contribution in [2.45, 2.75) is 26.1 Å². The third-order valence-electron chi connectivity index (χ3n) is 2.97. The van der Waals surface area contributed by atoms with E-state index in [1.54, 1.807) is 11.8 Å². The molecule has 1 amide bonds. The van der Waals surface area contributed by atoms with E-state index in [4.69, 9.17) is 0 Å². The summed E-state index contributed by atoms with van der Waals surface area (Å²) in [6.45, 7) is 4.13. The number of carbonyl (C=O) groups is 1. The summed E-state index contributed by atoms with van der Waals surface area (Å²) in [4.78, 5) is 13.4. The maximum Gasteiger partial charge on any atom is 0.241 e. The van der Waals surface area contributed by atoms with Gasteiger partial charge in [-0.1, -0.05) is 6.07 Å². The van der Waals surface area contributed by atoms with Crippen molar-refractivity contribution in [2.24, 2.45) is 0 Å². The normalized spacial score (nSPS) is 24.5. The molecule has 2 unspecified atom stereocenters. The van der Waals surface area contributed by atoms with Crippen LogP contribution in [-0.2, 0) is 4.79 Å². The zero-order chi connectivity index (χ0) is 12.6. The van der Waals surface area contributed by atoms with E-state index in [1.165, 1.54) is 6.07 Å². The molecular weight excluding hydrogens is 226 g/mol. The second-order valence-corrected chi connectivity index (χ2v) is 4.09. The van der Waals surface area contributed by atoms with Gasteiger partial charge in [0.05, 0.1) is 6.04 Å². The summed E-state index contributed by atoms with van der Waals surface area (Å²) in [6.07, 6.45) is -0.377. The second kappa shape index (κ2) is 4.41. The number of nitrogens with one attached hydrogen (secondary N) is 1. The van der Waals surface area contributed by atoms with Gasteiger partial charge in [-0.05, 0) is 31.5 Å². The van der Waals surface area contributed by atoms with E-state index in [2.05, 4.69) is 5.32 Å². The first-order chi connectivity index (χ1) is 8.04. The Bertz CT molecular complexity index is 450. The molecule has 3 nitrogen and oxygen atoms in total. The summed E-state index contributed by atoms with van der Waals surface area (Å²) >= 11 is 0. The molecule has 92 valence electrons. The van der Waals surface area contributed by atoms with Crippen molar-refractivity contribution in [1.29, 1.82) is 0 Å². The van der Waals surface area contributed by atoms with E-state index >= 15 is 0 Å². The molecule has 1 saturated heterocycles. The minimum absolute atomic E-state index is 0.0257. The van der Waals surface area contributed by atoms with Crippen LogP contribution >= 0.6 is 0 Å². The van der Waals surface area contributed by atoms with Gasteiger partial charge in [0.2, 0.25) is 5.91 Å². The molecule has 0 radical (unpaired) electrons. The van der Waals surface area contributed by atoms with Crippen molar-refractivity contribution in [3.8, 4) is 0 Å². The molecule has 1 aliphatic rings. The van der Waals surface area contributed by atoms with Gasteiger partial charge >= 0.3 is 0 Å². The van der Waals surface area contributed by atoms with Gasteiger partial charge in [0.15, 0.2) is 11.6 Å². The molecule has 0 aliphatic carbocycles. The van der Waals surface area contributed by atoms with E-state index in [1.807, 2.05) is 6.92 Å². The van der Waals surface area contributed by atoms with Crippen LogP contribution < -0.4 is 5.32 Å². The van der Waals surface area contributed by atoms with Crippen LogP contribution in [0.4, 0.5) is 8.78 Å². The van der Waals surface area contributed by atoms with Gasteiger partial charge in [-0.15, -0.1) is 0 Å². The minimum Gasteiger partial charge on any atom is -0.322 e. The quantitative estimate of drug-likeness (QED) is 0.855. The Labute approximate surface area is 98.4 Å². The molecule has 17 heavy (non-hydrogen) atoms. The maximum atomic E-state index is 13.2. The molecule has 1 fully saturated rings. The van der Waals surface area contributed by atoms with Crippen LogP contribution in [0.3, 0.4) is 0 Å². The van der Waals surface area contributed by atoms with Gasteiger partial charge < -0.3 is 4.90 Å². The molecule has 1 aliphatic heterocycles. The van der Waals surface area contributed by atoms with Gasteiger partial charge in [0.25, 0.3) is 0 Å². The van der Waals surface area contributed by atoms with Crippen LogP contribution in [0.25, 0.3) is 0 Å². The predicted octanol–water partition coefficient (Wildman–Crippen LogP) is 1.80. The number of nitrogens with zero attached hydrogens (tertiary/aromatic N) is 1. The smallest absolute Gasteiger partial charge is 0.241 e. The highest BCUT2D eigenvalue weighted by atomic mass is 19.2. The standard InChI is InChI=1S/C12H14F2N2O/c1-3-16-11(15-7(2)12(16)17)8-4-5-9(13)10(14)6-8/h4-7,11,15H,3H2,1-2H3. The Morgan fingerprint density at radius 3 is 2.65 bits per heavy atom. The molecule has 0 spiro atoms. The number of amides is 1. The number of likely N-dealkylation sites (N-methyl/N-ethyl adjacent to an activating group) is 1.